The summed E-state index contributed by atoms with van der Waals surface area (Å²) in [5.74, 6) is 0.207. The van der Waals surface area contributed by atoms with E-state index < -0.39 is 0 Å². The summed E-state index contributed by atoms with van der Waals surface area (Å²) in [6, 6.07) is 8.45. The fraction of sp³-hybridized carbons (Fsp3) is 0.588. The van der Waals surface area contributed by atoms with Gasteiger partial charge < -0.3 is 10.6 Å². The lowest BCUT2D eigenvalue weighted by molar-refractivity contribution is -0.126. The third-order valence-corrected chi connectivity index (χ3v) is 4.30. The maximum absolute atomic E-state index is 12.7. The van der Waals surface area contributed by atoms with Gasteiger partial charge in [0.1, 0.15) is 0 Å². The van der Waals surface area contributed by atoms with Crippen LogP contribution in [0, 0.1) is 6.92 Å². The molecule has 0 unspecified atom stereocenters. The Morgan fingerprint density at radius 3 is 2.65 bits per heavy atom. The van der Waals surface area contributed by atoms with Crippen LogP contribution in [0.15, 0.2) is 24.3 Å². The molecule has 2 N–H and O–H groups in total. The fourth-order valence-corrected chi connectivity index (χ4v) is 3.18. The second-order valence-electron chi connectivity index (χ2n) is 5.77. The number of likely N-dealkylation sites (N-methyl/N-ethyl adjacent to an activating group) is 1. The van der Waals surface area contributed by atoms with Gasteiger partial charge in [0.2, 0.25) is 5.91 Å². The van der Waals surface area contributed by atoms with E-state index in [0.717, 1.165) is 38.8 Å². The summed E-state index contributed by atoms with van der Waals surface area (Å²) in [5, 5.41) is 6.36. The molecule has 1 aromatic carbocycles. The van der Waals surface area contributed by atoms with Gasteiger partial charge in [0.25, 0.3) is 0 Å². The highest BCUT2D eigenvalue weighted by Crippen LogP contribution is 2.41. The van der Waals surface area contributed by atoms with E-state index in [4.69, 9.17) is 0 Å². The van der Waals surface area contributed by atoms with E-state index in [1.54, 1.807) is 0 Å². The Kier molecular flexibility index (Phi) is 5.18. The smallest absolute Gasteiger partial charge is 0.230 e. The normalized spacial score (nSPS) is 17.1. The minimum absolute atomic E-state index is 0.207. The average Bonchev–Trinajstić information content (AvgIpc) is 2.94. The first kappa shape index (κ1) is 15.0. The molecule has 1 aromatic rings. The molecule has 1 fully saturated rings. The number of benzene rings is 1. The lowest BCUT2D eigenvalue weighted by atomic mass is 9.77. The zero-order valence-corrected chi connectivity index (χ0v) is 12.7. The van der Waals surface area contributed by atoms with Gasteiger partial charge in [-0.15, -0.1) is 0 Å². The quantitative estimate of drug-likeness (QED) is 0.783. The lowest BCUT2D eigenvalue weighted by Gasteiger charge is -2.28. The third kappa shape index (κ3) is 3.21. The van der Waals surface area contributed by atoms with Crippen LogP contribution in [0.2, 0.25) is 0 Å². The van der Waals surface area contributed by atoms with Crippen molar-refractivity contribution in [2.45, 2.75) is 44.9 Å². The SMILES string of the molecule is CCNCCNC(=O)C1(c2cccc(C)c2)CCCC1. The largest absolute Gasteiger partial charge is 0.354 e. The van der Waals surface area contributed by atoms with Gasteiger partial charge in [-0.3, -0.25) is 4.79 Å². The highest BCUT2D eigenvalue weighted by Gasteiger charge is 2.42. The number of nitrogens with one attached hydrogen (secondary N) is 2. The summed E-state index contributed by atoms with van der Waals surface area (Å²) in [5.41, 5.74) is 2.13. The fourth-order valence-electron chi connectivity index (χ4n) is 3.18. The molecular formula is C17H26N2O. The van der Waals surface area contributed by atoms with Crippen molar-refractivity contribution < 1.29 is 4.79 Å². The molecule has 20 heavy (non-hydrogen) atoms. The summed E-state index contributed by atoms with van der Waals surface area (Å²) in [4.78, 5) is 12.7. The second kappa shape index (κ2) is 6.89. The molecule has 0 aliphatic heterocycles. The molecule has 0 bridgehead atoms. The van der Waals surface area contributed by atoms with Crippen molar-refractivity contribution in [3.8, 4) is 0 Å². The second-order valence-corrected chi connectivity index (χ2v) is 5.77. The molecule has 0 aromatic heterocycles. The topological polar surface area (TPSA) is 41.1 Å². The molecule has 1 aliphatic rings. The van der Waals surface area contributed by atoms with Crippen molar-refractivity contribution >= 4 is 5.91 Å². The predicted molar refractivity (Wildman–Crippen MR) is 82.9 cm³/mol. The molecule has 0 spiro atoms. The van der Waals surface area contributed by atoms with Gasteiger partial charge in [-0.1, -0.05) is 49.6 Å². The number of amides is 1. The molecule has 0 heterocycles. The van der Waals surface area contributed by atoms with E-state index in [1.165, 1.54) is 11.1 Å². The van der Waals surface area contributed by atoms with Gasteiger partial charge in [0.05, 0.1) is 5.41 Å². The van der Waals surface area contributed by atoms with Crippen molar-refractivity contribution in [3.63, 3.8) is 0 Å². The molecular weight excluding hydrogens is 248 g/mol. The Bertz CT molecular complexity index is 450. The number of aryl methyl sites for hydroxylation is 1. The van der Waals surface area contributed by atoms with Gasteiger partial charge in [0, 0.05) is 13.1 Å². The van der Waals surface area contributed by atoms with Crippen LogP contribution in [0.4, 0.5) is 0 Å². The molecule has 1 aliphatic carbocycles. The number of rotatable bonds is 6. The highest BCUT2D eigenvalue weighted by atomic mass is 16.2. The van der Waals surface area contributed by atoms with Gasteiger partial charge in [0.15, 0.2) is 0 Å². The maximum Gasteiger partial charge on any atom is 0.230 e. The van der Waals surface area contributed by atoms with Crippen LogP contribution in [-0.4, -0.2) is 25.5 Å². The maximum atomic E-state index is 12.7. The molecule has 0 atom stereocenters. The molecule has 1 saturated carbocycles. The predicted octanol–water partition coefficient (Wildman–Crippen LogP) is 2.53. The monoisotopic (exact) mass is 274 g/mol. The van der Waals surface area contributed by atoms with Gasteiger partial charge in [-0.05, 0) is 31.9 Å². The van der Waals surface area contributed by atoms with Crippen LogP contribution < -0.4 is 10.6 Å². The van der Waals surface area contributed by atoms with Crippen molar-refractivity contribution in [1.82, 2.24) is 10.6 Å². The molecule has 1 amide bonds. The van der Waals surface area contributed by atoms with E-state index in [9.17, 15) is 4.79 Å². The van der Waals surface area contributed by atoms with E-state index in [1.807, 2.05) is 0 Å². The number of hydrogen-bond acceptors (Lipinski definition) is 2. The van der Waals surface area contributed by atoms with E-state index >= 15 is 0 Å². The van der Waals surface area contributed by atoms with Crippen LogP contribution in [0.1, 0.15) is 43.7 Å². The average molecular weight is 274 g/mol. The molecule has 0 saturated heterocycles. The first-order chi connectivity index (χ1) is 9.69. The summed E-state index contributed by atoms with van der Waals surface area (Å²) in [7, 11) is 0. The van der Waals surface area contributed by atoms with Crippen LogP contribution in [0.25, 0.3) is 0 Å². The van der Waals surface area contributed by atoms with Crippen LogP contribution in [0.5, 0.6) is 0 Å². The number of hydrogen-bond donors (Lipinski definition) is 2. The Balaban J connectivity index is 2.11. The number of carbonyl (C=O) groups is 1. The van der Waals surface area contributed by atoms with E-state index in [-0.39, 0.29) is 11.3 Å². The minimum atomic E-state index is -0.293. The van der Waals surface area contributed by atoms with Crippen LogP contribution >= 0.6 is 0 Å². The van der Waals surface area contributed by atoms with Crippen LogP contribution in [-0.2, 0) is 10.2 Å². The Morgan fingerprint density at radius 2 is 2.00 bits per heavy atom. The summed E-state index contributed by atoms with van der Waals surface area (Å²) in [6.45, 7) is 6.66. The van der Waals surface area contributed by atoms with Crippen molar-refractivity contribution in [2.24, 2.45) is 0 Å². The van der Waals surface area contributed by atoms with E-state index in [2.05, 4.69) is 48.7 Å². The van der Waals surface area contributed by atoms with Crippen molar-refractivity contribution in [3.05, 3.63) is 35.4 Å². The van der Waals surface area contributed by atoms with Gasteiger partial charge in [-0.25, -0.2) is 0 Å². The Morgan fingerprint density at radius 1 is 1.25 bits per heavy atom. The highest BCUT2D eigenvalue weighted by molar-refractivity contribution is 5.88. The summed E-state index contributed by atoms with van der Waals surface area (Å²) in [6.07, 6.45) is 4.25. The Labute approximate surface area is 122 Å². The molecule has 2 rings (SSSR count). The standard InChI is InChI=1S/C17H26N2O/c1-3-18-11-12-19-16(20)17(9-4-5-10-17)15-8-6-7-14(2)13-15/h6-8,13,18H,3-5,9-12H2,1-2H3,(H,19,20). The van der Waals surface area contributed by atoms with Crippen molar-refractivity contribution in [1.29, 1.82) is 0 Å². The summed E-state index contributed by atoms with van der Waals surface area (Å²) >= 11 is 0. The minimum Gasteiger partial charge on any atom is -0.354 e. The molecule has 110 valence electrons. The third-order valence-electron chi connectivity index (χ3n) is 4.30. The van der Waals surface area contributed by atoms with E-state index in [0.29, 0.717) is 6.54 Å². The summed E-state index contributed by atoms with van der Waals surface area (Å²) < 4.78 is 0. The molecule has 3 nitrogen and oxygen atoms in total. The first-order valence-electron chi connectivity index (χ1n) is 7.75. The zero-order chi connectivity index (χ0) is 14.4. The first-order valence-corrected chi connectivity index (χ1v) is 7.75. The van der Waals surface area contributed by atoms with Gasteiger partial charge >= 0.3 is 0 Å². The molecule has 3 heteroatoms. The lowest BCUT2D eigenvalue weighted by Crippen LogP contribution is -2.44. The molecule has 0 radical (unpaired) electrons. The Hall–Kier alpha value is -1.35. The number of carbonyl (C=O) groups excluding carboxylic acids is 1. The van der Waals surface area contributed by atoms with Crippen LogP contribution in [0.3, 0.4) is 0 Å². The van der Waals surface area contributed by atoms with Gasteiger partial charge in [-0.2, -0.15) is 0 Å². The zero-order valence-electron chi connectivity index (χ0n) is 12.7. The van der Waals surface area contributed by atoms with Crippen molar-refractivity contribution in [2.75, 3.05) is 19.6 Å².